The highest BCUT2D eigenvalue weighted by atomic mass is 19.1. The molecule has 6 nitrogen and oxygen atoms in total. The summed E-state index contributed by atoms with van der Waals surface area (Å²) >= 11 is 0. The van der Waals surface area contributed by atoms with Gasteiger partial charge in [0.05, 0.1) is 16.8 Å². The van der Waals surface area contributed by atoms with Crippen LogP contribution in [-0.4, -0.2) is 26.8 Å². The molecule has 0 saturated carbocycles. The molecule has 0 radical (unpaired) electrons. The monoisotopic (exact) mass is 277 g/mol. The van der Waals surface area contributed by atoms with Crippen LogP contribution in [0.15, 0.2) is 24.4 Å². The van der Waals surface area contributed by atoms with E-state index in [2.05, 4.69) is 10.4 Å². The van der Waals surface area contributed by atoms with Crippen LogP contribution in [0.4, 0.5) is 10.1 Å². The Balaban J connectivity index is 2.26. The molecule has 0 aliphatic carbocycles. The third-order valence-corrected chi connectivity index (χ3v) is 2.71. The van der Waals surface area contributed by atoms with Crippen molar-refractivity contribution in [2.75, 3.05) is 5.32 Å². The summed E-state index contributed by atoms with van der Waals surface area (Å²) in [5.41, 5.74) is 0.627. The maximum atomic E-state index is 13.2. The number of anilines is 1. The number of aromatic nitrogens is 2. The minimum absolute atomic E-state index is 0.206. The fourth-order valence-corrected chi connectivity index (χ4v) is 1.79. The molecule has 0 bridgehead atoms. The number of carbonyl (C=O) groups excluding carboxylic acids is 1. The number of hydrogen-bond acceptors (Lipinski definition) is 3. The number of carboxylic acids is 1. The van der Waals surface area contributed by atoms with Crippen LogP contribution in [0.25, 0.3) is 0 Å². The zero-order valence-corrected chi connectivity index (χ0v) is 10.8. The molecule has 0 fully saturated rings. The number of benzene rings is 1. The minimum atomic E-state index is -1.39. The van der Waals surface area contributed by atoms with Gasteiger partial charge in [-0.15, -0.1) is 0 Å². The van der Waals surface area contributed by atoms with Crippen molar-refractivity contribution in [1.29, 1.82) is 0 Å². The van der Waals surface area contributed by atoms with Crippen molar-refractivity contribution >= 4 is 17.6 Å². The Morgan fingerprint density at radius 2 is 2.05 bits per heavy atom. The third kappa shape index (κ3) is 2.66. The first kappa shape index (κ1) is 13.7. The maximum absolute atomic E-state index is 13.2. The minimum Gasteiger partial charge on any atom is -0.478 e. The van der Waals surface area contributed by atoms with Crippen LogP contribution in [0, 0.1) is 12.7 Å². The average molecular weight is 277 g/mol. The van der Waals surface area contributed by atoms with Gasteiger partial charge in [0.2, 0.25) is 0 Å². The SMILES string of the molecule is Cc1nn(C)cc1C(=O)Nc1ccc(F)c(C(=O)O)c1. The van der Waals surface area contributed by atoms with E-state index in [0.717, 1.165) is 12.1 Å². The van der Waals surface area contributed by atoms with Crippen LogP contribution in [0.1, 0.15) is 26.4 Å². The van der Waals surface area contributed by atoms with Gasteiger partial charge in [-0.2, -0.15) is 5.10 Å². The molecule has 1 aromatic carbocycles. The van der Waals surface area contributed by atoms with Gasteiger partial charge in [-0.05, 0) is 25.1 Å². The maximum Gasteiger partial charge on any atom is 0.338 e. The fourth-order valence-electron chi connectivity index (χ4n) is 1.79. The molecular weight excluding hydrogens is 265 g/mol. The van der Waals surface area contributed by atoms with Crippen LogP contribution < -0.4 is 5.32 Å². The van der Waals surface area contributed by atoms with E-state index in [4.69, 9.17) is 5.11 Å². The molecule has 2 N–H and O–H groups in total. The zero-order chi connectivity index (χ0) is 14.9. The quantitative estimate of drug-likeness (QED) is 0.896. The molecule has 0 saturated heterocycles. The third-order valence-electron chi connectivity index (χ3n) is 2.71. The molecule has 1 heterocycles. The van der Waals surface area contributed by atoms with Crippen molar-refractivity contribution in [3.05, 3.63) is 47.0 Å². The molecule has 0 spiro atoms. The molecule has 2 rings (SSSR count). The van der Waals surface area contributed by atoms with E-state index in [9.17, 15) is 14.0 Å². The van der Waals surface area contributed by atoms with Crippen molar-refractivity contribution in [3.8, 4) is 0 Å². The van der Waals surface area contributed by atoms with E-state index in [0.29, 0.717) is 11.3 Å². The van der Waals surface area contributed by atoms with E-state index in [1.165, 1.54) is 10.7 Å². The molecule has 104 valence electrons. The lowest BCUT2D eigenvalue weighted by Crippen LogP contribution is -2.13. The Kier molecular flexibility index (Phi) is 3.51. The fraction of sp³-hybridized carbons (Fsp3) is 0.154. The smallest absolute Gasteiger partial charge is 0.338 e. The highest BCUT2D eigenvalue weighted by Gasteiger charge is 2.15. The van der Waals surface area contributed by atoms with Gasteiger partial charge < -0.3 is 10.4 Å². The average Bonchev–Trinajstić information content (AvgIpc) is 2.70. The van der Waals surface area contributed by atoms with Crippen LogP contribution in [0.2, 0.25) is 0 Å². The largest absolute Gasteiger partial charge is 0.478 e. The number of halogens is 1. The molecule has 20 heavy (non-hydrogen) atoms. The number of hydrogen-bond donors (Lipinski definition) is 2. The van der Waals surface area contributed by atoms with Crippen LogP contribution >= 0.6 is 0 Å². The lowest BCUT2D eigenvalue weighted by atomic mass is 10.1. The highest BCUT2D eigenvalue weighted by Crippen LogP contribution is 2.16. The number of amides is 1. The summed E-state index contributed by atoms with van der Waals surface area (Å²) in [6.07, 6.45) is 1.55. The van der Waals surface area contributed by atoms with Crippen molar-refractivity contribution in [2.45, 2.75) is 6.92 Å². The first-order chi connectivity index (χ1) is 9.38. The standard InChI is InChI=1S/C13H12FN3O3/c1-7-10(6-17(2)16-7)12(18)15-8-3-4-11(14)9(5-8)13(19)20/h3-6H,1-2H3,(H,15,18)(H,19,20). The number of rotatable bonds is 3. The Bertz CT molecular complexity index is 694. The second kappa shape index (κ2) is 5.12. The van der Waals surface area contributed by atoms with Gasteiger partial charge in [0.25, 0.3) is 5.91 Å². The normalized spacial score (nSPS) is 10.3. The lowest BCUT2D eigenvalue weighted by molar-refractivity contribution is 0.0691. The van der Waals surface area contributed by atoms with E-state index < -0.39 is 23.3 Å². The summed E-state index contributed by atoms with van der Waals surface area (Å²) < 4.78 is 14.7. The molecule has 0 aliphatic heterocycles. The van der Waals surface area contributed by atoms with Crippen LogP contribution in [0.3, 0.4) is 0 Å². The Morgan fingerprint density at radius 3 is 2.60 bits per heavy atom. The van der Waals surface area contributed by atoms with Gasteiger partial charge in [0.1, 0.15) is 5.82 Å². The number of aromatic carboxylic acids is 1. The summed E-state index contributed by atoms with van der Waals surface area (Å²) in [5, 5.41) is 15.4. The van der Waals surface area contributed by atoms with Crippen molar-refractivity contribution in [2.24, 2.45) is 7.05 Å². The molecule has 0 unspecified atom stereocenters. The Morgan fingerprint density at radius 1 is 1.35 bits per heavy atom. The second-order valence-electron chi connectivity index (χ2n) is 4.26. The highest BCUT2D eigenvalue weighted by molar-refractivity contribution is 6.05. The summed E-state index contributed by atoms with van der Waals surface area (Å²) in [7, 11) is 1.68. The van der Waals surface area contributed by atoms with Gasteiger partial charge in [0.15, 0.2) is 0 Å². The zero-order valence-electron chi connectivity index (χ0n) is 10.8. The second-order valence-corrected chi connectivity index (χ2v) is 4.26. The summed E-state index contributed by atoms with van der Waals surface area (Å²) in [5.74, 6) is -2.68. The van der Waals surface area contributed by atoms with Gasteiger partial charge in [-0.1, -0.05) is 0 Å². The van der Waals surface area contributed by atoms with Crippen LogP contribution in [0.5, 0.6) is 0 Å². The number of carbonyl (C=O) groups is 2. The number of nitrogens with one attached hydrogen (secondary N) is 1. The summed E-state index contributed by atoms with van der Waals surface area (Å²) in [4.78, 5) is 22.8. The van der Waals surface area contributed by atoms with Gasteiger partial charge in [0, 0.05) is 18.9 Å². The molecule has 0 aliphatic rings. The Labute approximate surface area is 113 Å². The van der Waals surface area contributed by atoms with E-state index in [1.807, 2.05) is 0 Å². The van der Waals surface area contributed by atoms with Crippen molar-refractivity contribution in [1.82, 2.24) is 9.78 Å². The topological polar surface area (TPSA) is 84.2 Å². The van der Waals surface area contributed by atoms with Crippen molar-refractivity contribution < 1.29 is 19.1 Å². The summed E-state index contributed by atoms with van der Waals surface area (Å²) in [6, 6.07) is 3.36. The molecule has 2 aromatic rings. The predicted octanol–water partition coefficient (Wildman–Crippen LogP) is 1.82. The van der Waals surface area contributed by atoms with E-state index in [1.54, 1.807) is 20.2 Å². The molecular formula is C13H12FN3O3. The molecule has 1 aromatic heterocycles. The van der Waals surface area contributed by atoms with E-state index >= 15 is 0 Å². The van der Waals surface area contributed by atoms with E-state index in [-0.39, 0.29) is 5.69 Å². The van der Waals surface area contributed by atoms with Gasteiger partial charge in [-0.25, -0.2) is 9.18 Å². The number of aryl methyl sites for hydroxylation is 2. The number of nitrogens with zero attached hydrogens (tertiary/aromatic N) is 2. The first-order valence-corrected chi connectivity index (χ1v) is 5.73. The van der Waals surface area contributed by atoms with Crippen LogP contribution in [-0.2, 0) is 7.05 Å². The molecule has 0 atom stereocenters. The first-order valence-electron chi connectivity index (χ1n) is 5.73. The molecule has 7 heteroatoms. The number of carboxylic acid groups (broad SMARTS) is 1. The Hall–Kier alpha value is -2.70. The van der Waals surface area contributed by atoms with Crippen molar-refractivity contribution in [3.63, 3.8) is 0 Å². The van der Waals surface area contributed by atoms with Gasteiger partial charge in [-0.3, -0.25) is 9.48 Å². The molecule has 1 amide bonds. The van der Waals surface area contributed by atoms with Gasteiger partial charge >= 0.3 is 5.97 Å². The predicted molar refractivity (Wildman–Crippen MR) is 69.3 cm³/mol. The lowest BCUT2D eigenvalue weighted by Gasteiger charge is -2.06. The summed E-state index contributed by atoms with van der Waals surface area (Å²) in [6.45, 7) is 1.68.